The molecule has 144 valence electrons. The fraction of sp³-hybridized carbons (Fsp3) is 0.235. The number of rotatable bonds is 5. The Morgan fingerprint density at radius 3 is 2.22 bits per heavy atom. The lowest BCUT2D eigenvalue weighted by atomic mass is 10.1. The molecule has 0 saturated carbocycles. The molecule has 0 atom stereocenters. The summed E-state index contributed by atoms with van der Waals surface area (Å²) in [5, 5.41) is 13.5. The minimum Gasteiger partial charge on any atom is -0.493 e. The van der Waals surface area contributed by atoms with Gasteiger partial charge in [-0.1, -0.05) is 6.07 Å². The van der Waals surface area contributed by atoms with Crippen LogP contribution in [0.1, 0.15) is 21.5 Å². The Morgan fingerprint density at radius 1 is 1.11 bits per heavy atom. The van der Waals surface area contributed by atoms with Gasteiger partial charge in [-0.25, -0.2) is 0 Å². The lowest BCUT2D eigenvalue weighted by molar-refractivity contribution is -0.385. The van der Waals surface area contributed by atoms with Gasteiger partial charge in [0.05, 0.1) is 30.8 Å². The average molecular weight is 384 g/mol. The number of benzene rings is 2. The number of alkyl halides is 3. The molecule has 0 radical (unpaired) electrons. The summed E-state index contributed by atoms with van der Waals surface area (Å²) in [6, 6.07) is 5.32. The van der Waals surface area contributed by atoms with Crippen molar-refractivity contribution in [1.82, 2.24) is 0 Å². The quantitative estimate of drug-likeness (QED) is 0.617. The highest BCUT2D eigenvalue weighted by Gasteiger charge is 2.33. The molecule has 0 heterocycles. The van der Waals surface area contributed by atoms with Crippen LogP contribution in [0.2, 0.25) is 0 Å². The van der Waals surface area contributed by atoms with E-state index in [1.165, 1.54) is 33.3 Å². The van der Waals surface area contributed by atoms with Gasteiger partial charge in [-0.2, -0.15) is 13.2 Å². The number of anilines is 1. The van der Waals surface area contributed by atoms with Crippen LogP contribution in [0.25, 0.3) is 0 Å². The second-order valence-electron chi connectivity index (χ2n) is 5.46. The van der Waals surface area contributed by atoms with E-state index in [4.69, 9.17) is 9.47 Å². The minimum absolute atomic E-state index is 0.0161. The number of nitro benzene ring substituents is 1. The first-order valence-electron chi connectivity index (χ1n) is 7.48. The van der Waals surface area contributed by atoms with Gasteiger partial charge in [0.25, 0.3) is 11.6 Å². The Hall–Kier alpha value is -3.30. The van der Waals surface area contributed by atoms with Gasteiger partial charge in [0.15, 0.2) is 11.5 Å². The molecule has 0 bridgehead atoms. The molecule has 0 fully saturated rings. The number of aryl methyl sites for hydroxylation is 1. The minimum atomic E-state index is -4.60. The first-order chi connectivity index (χ1) is 12.6. The first-order valence-corrected chi connectivity index (χ1v) is 7.48. The molecular weight excluding hydrogens is 369 g/mol. The number of hydrogen-bond donors (Lipinski definition) is 1. The van der Waals surface area contributed by atoms with Crippen molar-refractivity contribution in [2.75, 3.05) is 19.5 Å². The van der Waals surface area contributed by atoms with E-state index in [0.717, 1.165) is 18.2 Å². The van der Waals surface area contributed by atoms with Crippen molar-refractivity contribution in [3.05, 3.63) is 57.1 Å². The standard InChI is InChI=1S/C17H15F3N2O5/c1-9-4-5-10(6-12(9)17(18,19)20)21-16(23)11-7-14(26-2)15(27-3)8-13(11)22(24)25/h4-8H,1-3H3,(H,21,23). The number of ether oxygens (including phenoxy) is 2. The zero-order valence-electron chi connectivity index (χ0n) is 14.5. The highest BCUT2D eigenvalue weighted by atomic mass is 19.4. The second-order valence-corrected chi connectivity index (χ2v) is 5.46. The Kier molecular flexibility index (Phi) is 5.58. The summed E-state index contributed by atoms with van der Waals surface area (Å²) < 4.78 is 49.0. The van der Waals surface area contributed by atoms with Crippen LogP contribution in [0.3, 0.4) is 0 Å². The molecular formula is C17H15F3N2O5. The Bertz CT molecular complexity index is 897. The molecule has 0 saturated heterocycles. The Morgan fingerprint density at radius 2 is 1.70 bits per heavy atom. The van der Waals surface area contributed by atoms with E-state index in [-0.39, 0.29) is 28.3 Å². The van der Waals surface area contributed by atoms with Crippen molar-refractivity contribution >= 4 is 17.3 Å². The van der Waals surface area contributed by atoms with Crippen LogP contribution in [-0.2, 0) is 6.18 Å². The second kappa shape index (κ2) is 7.52. The van der Waals surface area contributed by atoms with Crippen LogP contribution in [0, 0.1) is 17.0 Å². The normalized spacial score (nSPS) is 11.0. The maximum Gasteiger partial charge on any atom is 0.416 e. The molecule has 0 spiro atoms. The molecule has 0 aliphatic heterocycles. The van der Waals surface area contributed by atoms with E-state index in [9.17, 15) is 28.1 Å². The van der Waals surface area contributed by atoms with Crippen LogP contribution in [-0.4, -0.2) is 25.1 Å². The summed E-state index contributed by atoms with van der Waals surface area (Å²) in [7, 11) is 2.55. The van der Waals surface area contributed by atoms with E-state index in [1.807, 2.05) is 0 Å². The summed E-state index contributed by atoms with van der Waals surface area (Å²) in [6.07, 6.45) is -4.60. The molecule has 0 unspecified atom stereocenters. The molecule has 0 aromatic heterocycles. The summed E-state index contributed by atoms with van der Waals surface area (Å²) >= 11 is 0. The number of amides is 1. The van der Waals surface area contributed by atoms with Crippen molar-refractivity contribution < 1.29 is 32.4 Å². The van der Waals surface area contributed by atoms with Crippen LogP contribution >= 0.6 is 0 Å². The van der Waals surface area contributed by atoms with Crippen LogP contribution in [0.4, 0.5) is 24.5 Å². The van der Waals surface area contributed by atoms with Gasteiger partial charge in [-0.15, -0.1) is 0 Å². The molecule has 2 rings (SSSR count). The number of carbonyl (C=O) groups is 1. The summed E-state index contributed by atoms with van der Waals surface area (Å²) in [5.41, 5.74) is -2.04. The maximum atomic E-state index is 13.0. The Labute approximate surface area is 151 Å². The number of nitro groups is 1. The van der Waals surface area contributed by atoms with E-state index in [0.29, 0.717) is 0 Å². The largest absolute Gasteiger partial charge is 0.493 e. The van der Waals surface area contributed by atoms with Gasteiger partial charge in [0, 0.05) is 11.8 Å². The number of nitrogens with one attached hydrogen (secondary N) is 1. The highest BCUT2D eigenvalue weighted by molar-refractivity contribution is 6.07. The molecule has 2 aromatic carbocycles. The monoisotopic (exact) mass is 384 g/mol. The fourth-order valence-electron chi connectivity index (χ4n) is 2.40. The van der Waals surface area contributed by atoms with Gasteiger partial charge in [-0.05, 0) is 24.6 Å². The summed E-state index contributed by atoms with van der Waals surface area (Å²) in [6.45, 7) is 1.29. The zero-order chi connectivity index (χ0) is 20.4. The third-order valence-electron chi connectivity index (χ3n) is 3.74. The van der Waals surface area contributed by atoms with Crippen LogP contribution < -0.4 is 14.8 Å². The number of nitrogens with zero attached hydrogens (tertiary/aromatic N) is 1. The summed E-state index contributed by atoms with van der Waals surface area (Å²) in [5.74, 6) is -0.858. The van der Waals surface area contributed by atoms with Gasteiger partial charge in [0.2, 0.25) is 0 Å². The Balaban J connectivity index is 2.45. The smallest absolute Gasteiger partial charge is 0.416 e. The van der Waals surface area contributed by atoms with Gasteiger partial charge < -0.3 is 14.8 Å². The molecule has 0 aliphatic carbocycles. The molecule has 27 heavy (non-hydrogen) atoms. The van der Waals surface area contributed by atoms with Crippen LogP contribution in [0.15, 0.2) is 30.3 Å². The lowest BCUT2D eigenvalue weighted by Gasteiger charge is -2.14. The van der Waals surface area contributed by atoms with Crippen molar-refractivity contribution in [3.8, 4) is 11.5 Å². The predicted molar refractivity (Wildman–Crippen MR) is 90.3 cm³/mol. The van der Waals surface area contributed by atoms with Gasteiger partial charge in [-0.3, -0.25) is 14.9 Å². The maximum absolute atomic E-state index is 13.0. The zero-order valence-corrected chi connectivity index (χ0v) is 14.5. The van der Waals surface area contributed by atoms with Crippen molar-refractivity contribution in [2.45, 2.75) is 13.1 Å². The molecule has 1 amide bonds. The van der Waals surface area contributed by atoms with Gasteiger partial charge >= 0.3 is 6.18 Å². The molecule has 0 aliphatic rings. The SMILES string of the molecule is COc1cc(C(=O)Nc2ccc(C)c(C(F)(F)F)c2)c([N+](=O)[O-])cc1OC. The third kappa shape index (κ3) is 4.27. The number of methoxy groups -OCH3 is 2. The molecule has 1 N–H and O–H groups in total. The van der Waals surface area contributed by atoms with Gasteiger partial charge in [0.1, 0.15) is 5.56 Å². The highest BCUT2D eigenvalue weighted by Crippen LogP contribution is 2.36. The van der Waals surface area contributed by atoms with Crippen LogP contribution in [0.5, 0.6) is 11.5 Å². The van der Waals surface area contributed by atoms with E-state index >= 15 is 0 Å². The number of halogens is 3. The predicted octanol–water partition coefficient (Wildman–Crippen LogP) is 4.19. The van der Waals surface area contributed by atoms with Crippen molar-refractivity contribution in [2.24, 2.45) is 0 Å². The molecule has 2 aromatic rings. The number of hydrogen-bond acceptors (Lipinski definition) is 5. The first kappa shape index (κ1) is 20.0. The average Bonchev–Trinajstić information content (AvgIpc) is 2.60. The fourth-order valence-corrected chi connectivity index (χ4v) is 2.40. The lowest BCUT2D eigenvalue weighted by Crippen LogP contribution is -2.16. The number of carbonyl (C=O) groups excluding carboxylic acids is 1. The van der Waals surface area contributed by atoms with E-state index < -0.39 is 28.3 Å². The third-order valence-corrected chi connectivity index (χ3v) is 3.74. The van der Waals surface area contributed by atoms with Crippen molar-refractivity contribution in [3.63, 3.8) is 0 Å². The molecule has 10 heteroatoms. The van der Waals surface area contributed by atoms with E-state index in [2.05, 4.69) is 5.32 Å². The van der Waals surface area contributed by atoms with Crippen molar-refractivity contribution in [1.29, 1.82) is 0 Å². The molecule has 7 nitrogen and oxygen atoms in total. The van der Waals surface area contributed by atoms with E-state index in [1.54, 1.807) is 0 Å². The summed E-state index contributed by atoms with van der Waals surface area (Å²) in [4.78, 5) is 22.9. The topological polar surface area (TPSA) is 90.7 Å².